The highest BCUT2D eigenvalue weighted by molar-refractivity contribution is 7.80. The number of aromatic amines is 1. The van der Waals surface area contributed by atoms with Gasteiger partial charge in [0, 0.05) is 35.0 Å². The molecule has 0 spiro atoms. The quantitative estimate of drug-likeness (QED) is 0.108. The standard InChI is InChI=1S/C23H34N6O5S2/c24-8-4-3-7-17(27-20(30)15(25)11-35)21(31)28-18(22(32)29-19(12-36)23(33)34)9-13-10-26-16-6-2-1-5-14(13)16/h1-2,5-6,10,15,17-19,26,35-36H,3-4,7-9,11-12,24-25H2,(H,27,30)(H,28,31)(H,29,32)(H,33,34). The highest BCUT2D eigenvalue weighted by Gasteiger charge is 2.30. The summed E-state index contributed by atoms with van der Waals surface area (Å²) in [5, 5.41) is 17.9. The van der Waals surface area contributed by atoms with Gasteiger partial charge in [-0.2, -0.15) is 25.3 Å². The molecule has 11 nitrogen and oxygen atoms in total. The molecule has 4 atom stereocenters. The smallest absolute Gasteiger partial charge is 0.327 e. The van der Waals surface area contributed by atoms with Crippen LogP contribution in [0.5, 0.6) is 0 Å². The number of hydrogen-bond donors (Lipinski definition) is 9. The molecule has 0 saturated carbocycles. The van der Waals surface area contributed by atoms with Crippen LogP contribution in [0, 0.1) is 0 Å². The number of carbonyl (C=O) groups is 4. The van der Waals surface area contributed by atoms with E-state index in [9.17, 15) is 24.3 Å². The number of carboxylic acids is 1. The third-order valence-electron chi connectivity index (χ3n) is 5.64. The summed E-state index contributed by atoms with van der Waals surface area (Å²) in [4.78, 5) is 53.3. The topological polar surface area (TPSA) is 192 Å². The van der Waals surface area contributed by atoms with Crippen LogP contribution in [-0.2, 0) is 25.6 Å². The molecule has 198 valence electrons. The summed E-state index contributed by atoms with van der Waals surface area (Å²) in [6.45, 7) is 0.421. The van der Waals surface area contributed by atoms with Crippen molar-refractivity contribution in [1.82, 2.24) is 20.9 Å². The average molecular weight is 539 g/mol. The number of para-hydroxylation sites is 1. The molecule has 0 aliphatic carbocycles. The minimum atomic E-state index is -1.25. The zero-order valence-corrected chi connectivity index (χ0v) is 21.6. The number of H-pyrrole nitrogens is 1. The number of thiol groups is 2. The average Bonchev–Trinajstić information content (AvgIpc) is 3.28. The van der Waals surface area contributed by atoms with E-state index in [4.69, 9.17) is 11.5 Å². The molecule has 3 amide bonds. The fourth-order valence-corrected chi connectivity index (χ4v) is 4.00. The first-order chi connectivity index (χ1) is 17.2. The van der Waals surface area contributed by atoms with Crippen molar-refractivity contribution in [3.63, 3.8) is 0 Å². The van der Waals surface area contributed by atoms with Gasteiger partial charge in [0.05, 0.1) is 6.04 Å². The van der Waals surface area contributed by atoms with Gasteiger partial charge in [0.15, 0.2) is 0 Å². The summed E-state index contributed by atoms with van der Waals surface area (Å²) in [5.41, 5.74) is 12.9. The Labute approximate surface area is 220 Å². The summed E-state index contributed by atoms with van der Waals surface area (Å²) in [5.74, 6) is -3.11. The minimum Gasteiger partial charge on any atom is -0.480 e. The Morgan fingerprint density at radius 1 is 0.917 bits per heavy atom. The fourth-order valence-electron chi connectivity index (χ4n) is 3.58. The number of unbranched alkanes of at least 4 members (excludes halogenated alkanes) is 1. The minimum absolute atomic E-state index is 0.0834. The molecule has 36 heavy (non-hydrogen) atoms. The normalized spacial score (nSPS) is 14.4. The Morgan fingerprint density at radius 2 is 1.56 bits per heavy atom. The molecular formula is C23H34N6O5S2. The van der Waals surface area contributed by atoms with Crippen LogP contribution in [0.15, 0.2) is 30.5 Å². The number of aliphatic carboxylic acids is 1. The number of amides is 3. The number of aromatic nitrogens is 1. The predicted octanol–water partition coefficient (Wildman–Crippen LogP) is -0.435. The van der Waals surface area contributed by atoms with E-state index in [1.54, 1.807) is 6.20 Å². The first kappa shape index (κ1) is 29.5. The van der Waals surface area contributed by atoms with Gasteiger partial charge in [0.25, 0.3) is 0 Å². The second-order valence-electron chi connectivity index (χ2n) is 8.34. The molecule has 0 radical (unpaired) electrons. The van der Waals surface area contributed by atoms with E-state index in [1.165, 1.54) is 0 Å². The number of carbonyl (C=O) groups excluding carboxylic acids is 3. The van der Waals surface area contributed by atoms with Gasteiger partial charge in [-0.1, -0.05) is 18.2 Å². The van der Waals surface area contributed by atoms with Crippen molar-refractivity contribution in [1.29, 1.82) is 0 Å². The van der Waals surface area contributed by atoms with Gasteiger partial charge in [0.1, 0.15) is 18.1 Å². The van der Waals surface area contributed by atoms with Crippen LogP contribution in [0.2, 0.25) is 0 Å². The Hall–Kier alpha value is -2.74. The lowest BCUT2D eigenvalue weighted by atomic mass is 10.0. The van der Waals surface area contributed by atoms with E-state index in [2.05, 4.69) is 46.2 Å². The second-order valence-corrected chi connectivity index (χ2v) is 9.07. The van der Waals surface area contributed by atoms with Crippen molar-refractivity contribution >= 4 is 59.9 Å². The molecule has 0 bridgehead atoms. The first-order valence-electron chi connectivity index (χ1n) is 11.6. The summed E-state index contributed by atoms with van der Waals surface area (Å²) in [6.07, 6.45) is 3.30. The Kier molecular flexibility index (Phi) is 12.1. The summed E-state index contributed by atoms with van der Waals surface area (Å²) < 4.78 is 0. The van der Waals surface area contributed by atoms with Gasteiger partial charge in [-0.25, -0.2) is 4.79 Å². The van der Waals surface area contributed by atoms with Crippen molar-refractivity contribution in [2.24, 2.45) is 11.5 Å². The van der Waals surface area contributed by atoms with Gasteiger partial charge in [-0.15, -0.1) is 0 Å². The molecule has 2 rings (SSSR count). The Bertz CT molecular complexity index is 1050. The van der Waals surface area contributed by atoms with Crippen molar-refractivity contribution in [2.45, 2.75) is 49.9 Å². The highest BCUT2D eigenvalue weighted by atomic mass is 32.1. The molecule has 0 saturated heterocycles. The van der Waals surface area contributed by atoms with Gasteiger partial charge in [0.2, 0.25) is 17.7 Å². The lowest BCUT2D eigenvalue weighted by Crippen LogP contribution is -2.58. The maximum absolute atomic E-state index is 13.2. The predicted molar refractivity (Wildman–Crippen MR) is 144 cm³/mol. The second kappa shape index (κ2) is 14.7. The van der Waals surface area contributed by atoms with Crippen LogP contribution in [-0.4, -0.2) is 76.0 Å². The van der Waals surface area contributed by atoms with Crippen LogP contribution >= 0.6 is 25.3 Å². The number of hydrogen-bond acceptors (Lipinski definition) is 8. The summed E-state index contributed by atoms with van der Waals surface area (Å²) >= 11 is 8.01. The molecule has 0 fully saturated rings. The molecule has 0 aliphatic heterocycles. The van der Waals surface area contributed by atoms with E-state index in [1.807, 2.05) is 24.3 Å². The van der Waals surface area contributed by atoms with Gasteiger partial charge in [-0.3, -0.25) is 14.4 Å². The Balaban J connectivity index is 2.28. The van der Waals surface area contributed by atoms with E-state index in [0.29, 0.717) is 19.4 Å². The number of benzene rings is 1. The largest absolute Gasteiger partial charge is 0.480 e. The third kappa shape index (κ3) is 8.43. The van der Waals surface area contributed by atoms with E-state index in [0.717, 1.165) is 16.5 Å². The number of rotatable bonds is 15. The number of fused-ring (bicyclic) bond motifs is 1. The molecule has 13 heteroatoms. The lowest BCUT2D eigenvalue weighted by Gasteiger charge is -2.25. The van der Waals surface area contributed by atoms with Crippen molar-refractivity contribution in [3.8, 4) is 0 Å². The molecule has 4 unspecified atom stereocenters. The van der Waals surface area contributed by atoms with E-state index >= 15 is 0 Å². The number of nitrogens with one attached hydrogen (secondary N) is 4. The molecule has 9 N–H and O–H groups in total. The molecule has 1 heterocycles. The van der Waals surface area contributed by atoms with Crippen LogP contribution in [0.4, 0.5) is 0 Å². The lowest BCUT2D eigenvalue weighted by molar-refractivity contribution is -0.141. The summed E-state index contributed by atoms with van der Waals surface area (Å²) in [6, 6.07) is 3.24. The van der Waals surface area contributed by atoms with Crippen LogP contribution in [0.25, 0.3) is 10.9 Å². The molecule has 0 aliphatic rings. The monoisotopic (exact) mass is 538 g/mol. The van der Waals surface area contributed by atoms with Gasteiger partial charge in [-0.05, 0) is 37.4 Å². The van der Waals surface area contributed by atoms with E-state index in [-0.39, 0.29) is 24.3 Å². The molecular weight excluding hydrogens is 504 g/mol. The van der Waals surface area contributed by atoms with Crippen molar-refractivity contribution in [2.75, 3.05) is 18.1 Å². The van der Waals surface area contributed by atoms with E-state index < -0.39 is 47.9 Å². The third-order valence-corrected chi connectivity index (χ3v) is 6.40. The number of carboxylic acid groups (broad SMARTS) is 1. The van der Waals surface area contributed by atoms with Crippen molar-refractivity contribution in [3.05, 3.63) is 36.0 Å². The van der Waals surface area contributed by atoms with Crippen molar-refractivity contribution < 1.29 is 24.3 Å². The van der Waals surface area contributed by atoms with Crippen LogP contribution in [0.1, 0.15) is 24.8 Å². The summed E-state index contributed by atoms with van der Waals surface area (Å²) in [7, 11) is 0. The highest BCUT2D eigenvalue weighted by Crippen LogP contribution is 2.19. The maximum atomic E-state index is 13.2. The molecule has 1 aromatic carbocycles. The van der Waals surface area contributed by atoms with Gasteiger partial charge >= 0.3 is 5.97 Å². The zero-order chi connectivity index (χ0) is 26.7. The Morgan fingerprint density at radius 3 is 2.19 bits per heavy atom. The molecule has 2 aromatic rings. The first-order valence-corrected chi connectivity index (χ1v) is 12.8. The van der Waals surface area contributed by atoms with Crippen LogP contribution in [0.3, 0.4) is 0 Å². The SMILES string of the molecule is NCCCCC(NC(=O)C(N)CS)C(=O)NC(Cc1c[nH]c2ccccc12)C(=O)NC(CS)C(=O)O. The molecule has 1 aromatic heterocycles. The zero-order valence-electron chi connectivity index (χ0n) is 19.8. The maximum Gasteiger partial charge on any atom is 0.327 e. The van der Waals surface area contributed by atoms with Crippen LogP contribution < -0.4 is 27.4 Å². The fraction of sp³-hybridized carbons (Fsp3) is 0.478. The van der Waals surface area contributed by atoms with Gasteiger partial charge < -0.3 is 37.5 Å². The number of nitrogens with two attached hydrogens (primary N) is 2.